The third kappa shape index (κ3) is 4.10. The number of amides is 1. The molecule has 0 bridgehead atoms. The fourth-order valence-corrected chi connectivity index (χ4v) is 1.91. The van der Waals surface area contributed by atoms with Crippen LogP contribution in [-0.2, 0) is 11.4 Å². The number of benzene rings is 2. The van der Waals surface area contributed by atoms with Crippen LogP contribution in [0.15, 0.2) is 54.6 Å². The van der Waals surface area contributed by atoms with Gasteiger partial charge >= 0.3 is 0 Å². The minimum atomic E-state index is -0.409. The highest BCUT2D eigenvalue weighted by Crippen LogP contribution is 2.20. The monoisotopic (exact) mass is 270 g/mol. The highest BCUT2D eigenvalue weighted by molar-refractivity contribution is 5.74. The molecule has 0 fully saturated rings. The lowest BCUT2D eigenvalue weighted by Crippen LogP contribution is -2.20. The largest absolute Gasteiger partial charge is 0.489 e. The molecular formula is C16H18N2O2. The summed E-state index contributed by atoms with van der Waals surface area (Å²) in [5.41, 5.74) is 13.0. The maximum absolute atomic E-state index is 10.9. The minimum Gasteiger partial charge on any atom is -0.489 e. The van der Waals surface area contributed by atoms with Gasteiger partial charge in [-0.1, -0.05) is 42.5 Å². The summed E-state index contributed by atoms with van der Waals surface area (Å²) in [4.78, 5) is 10.9. The molecule has 0 radical (unpaired) electrons. The van der Waals surface area contributed by atoms with Crippen LogP contribution in [-0.4, -0.2) is 5.91 Å². The topological polar surface area (TPSA) is 78.3 Å². The van der Waals surface area contributed by atoms with Crippen molar-refractivity contribution in [2.45, 2.75) is 19.1 Å². The molecule has 1 amide bonds. The van der Waals surface area contributed by atoms with E-state index < -0.39 is 11.9 Å². The van der Waals surface area contributed by atoms with Crippen LogP contribution in [0.1, 0.15) is 23.6 Å². The van der Waals surface area contributed by atoms with Gasteiger partial charge in [0.15, 0.2) is 0 Å². The van der Waals surface area contributed by atoms with E-state index in [0.717, 1.165) is 16.9 Å². The summed E-state index contributed by atoms with van der Waals surface area (Å²) in [6, 6.07) is 16.9. The molecule has 0 aliphatic rings. The average Bonchev–Trinajstić information content (AvgIpc) is 2.46. The molecule has 0 aliphatic carbocycles. The summed E-state index contributed by atoms with van der Waals surface area (Å²) in [7, 11) is 0. The van der Waals surface area contributed by atoms with E-state index in [-0.39, 0.29) is 6.42 Å². The maximum Gasteiger partial charge on any atom is 0.219 e. The van der Waals surface area contributed by atoms with Crippen molar-refractivity contribution in [2.75, 3.05) is 0 Å². The molecule has 0 saturated heterocycles. The second-order valence-electron chi connectivity index (χ2n) is 4.62. The number of hydrogen-bond acceptors (Lipinski definition) is 3. The Morgan fingerprint density at radius 2 is 1.85 bits per heavy atom. The normalized spacial score (nSPS) is 11.8. The van der Waals surface area contributed by atoms with Crippen LogP contribution in [0.3, 0.4) is 0 Å². The molecule has 0 heterocycles. The Morgan fingerprint density at radius 1 is 1.10 bits per heavy atom. The lowest BCUT2D eigenvalue weighted by Gasteiger charge is -2.12. The Bertz CT molecular complexity index is 570. The van der Waals surface area contributed by atoms with Gasteiger partial charge in [0, 0.05) is 12.5 Å². The summed E-state index contributed by atoms with van der Waals surface area (Å²) >= 11 is 0. The summed E-state index contributed by atoms with van der Waals surface area (Å²) in [5.74, 6) is 0.319. The summed E-state index contributed by atoms with van der Waals surface area (Å²) in [5, 5.41) is 0. The molecule has 4 nitrogen and oxygen atoms in total. The van der Waals surface area contributed by atoms with Crippen molar-refractivity contribution in [3.8, 4) is 5.75 Å². The van der Waals surface area contributed by atoms with Gasteiger partial charge in [0.1, 0.15) is 12.4 Å². The fraction of sp³-hybridized carbons (Fsp3) is 0.188. The molecule has 20 heavy (non-hydrogen) atoms. The Kier molecular flexibility index (Phi) is 4.74. The van der Waals surface area contributed by atoms with Crippen molar-refractivity contribution >= 4 is 5.91 Å². The van der Waals surface area contributed by atoms with E-state index in [1.165, 1.54) is 0 Å². The van der Waals surface area contributed by atoms with E-state index in [1.54, 1.807) is 0 Å². The molecule has 4 N–H and O–H groups in total. The quantitative estimate of drug-likeness (QED) is 0.844. The molecule has 104 valence electrons. The molecule has 0 aromatic heterocycles. The maximum atomic E-state index is 10.9. The molecular weight excluding hydrogens is 252 g/mol. The molecule has 2 aromatic carbocycles. The fourth-order valence-electron chi connectivity index (χ4n) is 1.91. The van der Waals surface area contributed by atoms with E-state index >= 15 is 0 Å². The van der Waals surface area contributed by atoms with Gasteiger partial charge in [0.05, 0.1) is 0 Å². The van der Waals surface area contributed by atoms with Crippen molar-refractivity contribution in [3.63, 3.8) is 0 Å². The Balaban J connectivity index is 2.01. The summed E-state index contributed by atoms with van der Waals surface area (Å²) < 4.78 is 5.72. The molecule has 2 aromatic rings. The highest BCUT2D eigenvalue weighted by Gasteiger charge is 2.10. The second-order valence-corrected chi connectivity index (χ2v) is 4.62. The van der Waals surface area contributed by atoms with Crippen molar-refractivity contribution in [1.82, 2.24) is 0 Å². The van der Waals surface area contributed by atoms with Gasteiger partial charge in [-0.2, -0.15) is 0 Å². The summed E-state index contributed by atoms with van der Waals surface area (Å²) in [6.45, 7) is 0.495. The van der Waals surface area contributed by atoms with Crippen LogP contribution >= 0.6 is 0 Å². The van der Waals surface area contributed by atoms with Crippen LogP contribution in [0.2, 0.25) is 0 Å². The van der Waals surface area contributed by atoms with Crippen LogP contribution in [0.5, 0.6) is 5.75 Å². The lowest BCUT2D eigenvalue weighted by atomic mass is 10.0. The molecule has 0 aliphatic heterocycles. The first kappa shape index (κ1) is 14.1. The molecule has 1 atom stereocenters. The lowest BCUT2D eigenvalue weighted by molar-refractivity contribution is -0.118. The van der Waals surface area contributed by atoms with Crippen LogP contribution in [0.4, 0.5) is 0 Å². The van der Waals surface area contributed by atoms with E-state index in [2.05, 4.69) is 0 Å². The third-order valence-corrected chi connectivity index (χ3v) is 2.96. The van der Waals surface area contributed by atoms with Crippen molar-refractivity contribution in [3.05, 3.63) is 65.7 Å². The number of nitrogens with two attached hydrogens (primary N) is 2. The van der Waals surface area contributed by atoms with Gasteiger partial charge in [-0.05, 0) is 23.3 Å². The number of hydrogen-bond donors (Lipinski definition) is 2. The number of rotatable bonds is 6. The predicted molar refractivity (Wildman–Crippen MR) is 78.0 cm³/mol. The van der Waals surface area contributed by atoms with Crippen LogP contribution < -0.4 is 16.2 Å². The van der Waals surface area contributed by atoms with E-state index in [4.69, 9.17) is 16.2 Å². The smallest absolute Gasteiger partial charge is 0.219 e. The number of ether oxygens (including phenoxy) is 1. The van der Waals surface area contributed by atoms with E-state index in [0.29, 0.717) is 6.61 Å². The second kappa shape index (κ2) is 6.73. The van der Waals surface area contributed by atoms with Crippen LogP contribution in [0.25, 0.3) is 0 Å². The Morgan fingerprint density at radius 3 is 2.55 bits per heavy atom. The first-order valence-corrected chi connectivity index (χ1v) is 6.46. The molecule has 0 unspecified atom stereocenters. The first-order valence-electron chi connectivity index (χ1n) is 6.46. The highest BCUT2D eigenvalue weighted by atomic mass is 16.5. The van der Waals surface area contributed by atoms with Crippen molar-refractivity contribution < 1.29 is 9.53 Å². The molecule has 0 spiro atoms. The zero-order valence-corrected chi connectivity index (χ0v) is 11.2. The van der Waals surface area contributed by atoms with Crippen LogP contribution in [0, 0.1) is 0 Å². The van der Waals surface area contributed by atoms with Gasteiger partial charge in [0.25, 0.3) is 0 Å². The minimum absolute atomic E-state index is 0.127. The van der Waals surface area contributed by atoms with Gasteiger partial charge < -0.3 is 16.2 Å². The Labute approximate surface area is 118 Å². The average molecular weight is 270 g/mol. The summed E-state index contributed by atoms with van der Waals surface area (Å²) in [6.07, 6.45) is 0.127. The molecule has 4 heteroatoms. The van der Waals surface area contributed by atoms with Gasteiger partial charge in [-0.25, -0.2) is 0 Å². The number of carbonyl (C=O) groups is 1. The molecule has 2 rings (SSSR count). The zero-order valence-electron chi connectivity index (χ0n) is 11.2. The molecule has 0 saturated carbocycles. The SMILES string of the molecule is NC(=O)C[C@H](N)c1cccc(OCc2ccccc2)c1. The standard InChI is InChI=1S/C16H18N2O2/c17-15(10-16(18)19)13-7-4-8-14(9-13)20-11-12-5-2-1-3-6-12/h1-9,15H,10-11,17H2,(H2,18,19)/t15-/m0/s1. The number of primary amides is 1. The Hall–Kier alpha value is -2.33. The first-order chi connectivity index (χ1) is 9.65. The van der Waals surface area contributed by atoms with Gasteiger partial charge in [-0.15, -0.1) is 0 Å². The predicted octanol–water partition coefficient (Wildman–Crippen LogP) is 2.14. The van der Waals surface area contributed by atoms with Crippen molar-refractivity contribution in [2.24, 2.45) is 11.5 Å². The van der Waals surface area contributed by atoms with E-state index in [9.17, 15) is 4.79 Å². The van der Waals surface area contributed by atoms with Gasteiger partial charge in [-0.3, -0.25) is 4.79 Å². The van der Waals surface area contributed by atoms with Gasteiger partial charge in [0.2, 0.25) is 5.91 Å². The third-order valence-electron chi connectivity index (χ3n) is 2.96. The van der Waals surface area contributed by atoms with Crippen molar-refractivity contribution in [1.29, 1.82) is 0 Å². The zero-order chi connectivity index (χ0) is 14.4. The number of carbonyl (C=O) groups excluding carboxylic acids is 1. The van der Waals surface area contributed by atoms with E-state index in [1.807, 2.05) is 54.6 Å².